The van der Waals surface area contributed by atoms with Gasteiger partial charge in [-0.2, -0.15) is 0 Å². The van der Waals surface area contributed by atoms with E-state index in [1.807, 2.05) is 0 Å². The van der Waals surface area contributed by atoms with Gasteiger partial charge in [-0.05, 0) is 25.0 Å². The molecule has 1 rings (SSSR count). The van der Waals surface area contributed by atoms with Gasteiger partial charge >= 0.3 is 5.97 Å². The second-order valence-electron chi connectivity index (χ2n) is 3.16. The quantitative estimate of drug-likeness (QED) is 0.737. The Morgan fingerprint density at radius 1 is 1.40 bits per heavy atom. The molecule has 0 radical (unpaired) electrons. The maximum Gasteiger partial charge on any atom is 0.303 e. The van der Waals surface area contributed by atoms with E-state index in [0.29, 0.717) is 25.2 Å². The van der Waals surface area contributed by atoms with Crippen molar-refractivity contribution >= 4 is 5.97 Å². The minimum Gasteiger partial charge on any atom is -0.493 e. The minimum absolute atomic E-state index is 0.145. The summed E-state index contributed by atoms with van der Waals surface area (Å²) in [4.78, 5) is 10.2. The highest BCUT2D eigenvalue weighted by Gasteiger charge is 1.98. The molecule has 1 aromatic carbocycles. The van der Waals surface area contributed by atoms with Crippen LogP contribution in [0.25, 0.3) is 0 Å². The summed E-state index contributed by atoms with van der Waals surface area (Å²) in [6, 6.07) is 5.89. The molecule has 1 N–H and O–H groups in total. The summed E-state index contributed by atoms with van der Waals surface area (Å²) in [5, 5.41) is 8.38. The van der Waals surface area contributed by atoms with Gasteiger partial charge in [0.05, 0.1) is 6.61 Å². The zero-order chi connectivity index (χ0) is 11.1. The molecule has 0 saturated carbocycles. The van der Waals surface area contributed by atoms with E-state index in [1.54, 1.807) is 12.1 Å². The van der Waals surface area contributed by atoms with Crippen LogP contribution < -0.4 is 4.74 Å². The van der Waals surface area contributed by atoms with Gasteiger partial charge in [0.2, 0.25) is 0 Å². The molecule has 0 spiro atoms. The summed E-state index contributed by atoms with van der Waals surface area (Å²) in [6.07, 6.45) is 1.37. The number of carboxylic acids is 1. The van der Waals surface area contributed by atoms with Crippen LogP contribution in [0.2, 0.25) is 0 Å². The molecular formula is C11H13FO3. The lowest BCUT2D eigenvalue weighted by molar-refractivity contribution is -0.137. The summed E-state index contributed by atoms with van der Waals surface area (Å²) >= 11 is 0. The Bertz CT molecular complexity index is 325. The molecule has 0 saturated heterocycles. The molecule has 0 fully saturated rings. The third-order valence-corrected chi connectivity index (χ3v) is 1.85. The third kappa shape index (κ3) is 5.00. The summed E-state index contributed by atoms with van der Waals surface area (Å²) in [6.45, 7) is 0.413. The van der Waals surface area contributed by atoms with E-state index in [4.69, 9.17) is 9.84 Å². The van der Waals surface area contributed by atoms with Crippen molar-refractivity contribution in [1.29, 1.82) is 0 Å². The van der Waals surface area contributed by atoms with E-state index in [2.05, 4.69) is 0 Å². The highest BCUT2D eigenvalue weighted by molar-refractivity contribution is 5.66. The molecule has 0 aliphatic heterocycles. The van der Waals surface area contributed by atoms with Crippen molar-refractivity contribution in [3.05, 3.63) is 30.1 Å². The number of carboxylic acid groups (broad SMARTS) is 1. The lowest BCUT2D eigenvalue weighted by Gasteiger charge is -2.04. The van der Waals surface area contributed by atoms with Gasteiger partial charge in [-0.3, -0.25) is 4.79 Å². The number of ether oxygens (including phenoxy) is 1. The van der Waals surface area contributed by atoms with Crippen LogP contribution in [-0.4, -0.2) is 17.7 Å². The first kappa shape index (κ1) is 11.5. The second-order valence-corrected chi connectivity index (χ2v) is 3.16. The van der Waals surface area contributed by atoms with Crippen molar-refractivity contribution in [2.45, 2.75) is 19.3 Å². The molecule has 0 amide bonds. The predicted octanol–water partition coefficient (Wildman–Crippen LogP) is 2.46. The molecule has 0 atom stereocenters. The van der Waals surface area contributed by atoms with Crippen molar-refractivity contribution in [3.63, 3.8) is 0 Å². The Morgan fingerprint density at radius 3 is 2.87 bits per heavy atom. The number of halogens is 1. The molecule has 0 bridgehead atoms. The SMILES string of the molecule is O=C(O)CCCCOc1cccc(F)c1. The number of hydrogen-bond donors (Lipinski definition) is 1. The lowest BCUT2D eigenvalue weighted by atomic mass is 10.2. The van der Waals surface area contributed by atoms with E-state index in [1.165, 1.54) is 12.1 Å². The van der Waals surface area contributed by atoms with Crippen LogP contribution in [0.1, 0.15) is 19.3 Å². The zero-order valence-electron chi connectivity index (χ0n) is 8.28. The van der Waals surface area contributed by atoms with Crippen LogP contribution in [-0.2, 0) is 4.79 Å². The fourth-order valence-corrected chi connectivity index (χ4v) is 1.13. The number of aliphatic carboxylic acids is 1. The number of benzene rings is 1. The zero-order valence-corrected chi connectivity index (χ0v) is 8.28. The number of rotatable bonds is 6. The van der Waals surface area contributed by atoms with Gasteiger partial charge in [-0.25, -0.2) is 4.39 Å². The maximum absolute atomic E-state index is 12.7. The van der Waals surface area contributed by atoms with Crippen LogP contribution in [0.5, 0.6) is 5.75 Å². The van der Waals surface area contributed by atoms with E-state index in [0.717, 1.165) is 0 Å². The van der Waals surface area contributed by atoms with E-state index in [9.17, 15) is 9.18 Å². The summed E-state index contributed by atoms with van der Waals surface area (Å²) in [5.41, 5.74) is 0. The lowest BCUT2D eigenvalue weighted by Crippen LogP contribution is -2.00. The minimum atomic E-state index is -0.805. The molecule has 0 unspecified atom stereocenters. The van der Waals surface area contributed by atoms with Gasteiger partial charge in [-0.1, -0.05) is 6.07 Å². The molecule has 0 heterocycles. The van der Waals surface area contributed by atoms with E-state index >= 15 is 0 Å². The molecule has 15 heavy (non-hydrogen) atoms. The average Bonchev–Trinajstić information content (AvgIpc) is 2.17. The van der Waals surface area contributed by atoms with Crippen LogP contribution in [0.4, 0.5) is 4.39 Å². The summed E-state index contributed by atoms with van der Waals surface area (Å²) in [7, 11) is 0. The number of hydrogen-bond acceptors (Lipinski definition) is 2. The van der Waals surface area contributed by atoms with Crippen molar-refractivity contribution in [3.8, 4) is 5.75 Å². The Morgan fingerprint density at radius 2 is 2.20 bits per heavy atom. The van der Waals surface area contributed by atoms with Gasteiger partial charge in [-0.15, -0.1) is 0 Å². The Kier molecular flexibility index (Phi) is 4.60. The first-order valence-corrected chi connectivity index (χ1v) is 4.78. The molecule has 0 aromatic heterocycles. The van der Waals surface area contributed by atoms with Crippen molar-refractivity contribution in [1.82, 2.24) is 0 Å². The van der Waals surface area contributed by atoms with Crippen LogP contribution >= 0.6 is 0 Å². The third-order valence-electron chi connectivity index (χ3n) is 1.85. The Hall–Kier alpha value is -1.58. The molecule has 4 heteroatoms. The van der Waals surface area contributed by atoms with Crippen molar-refractivity contribution in [2.75, 3.05) is 6.61 Å². The van der Waals surface area contributed by atoms with Crippen molar-refractivity contribution in [2.24, 2.45) is 0 Å². The van der Waals surface area contributed by atoms with E-state index < -0.39 is 5.97 Å². The van der Waals surface area contributed by atoms with Gasteiger partial charge in [0.25, 0.3) is 0 Å². The molecule has 3 nitrogen and oxygen atoms in total. The van der Waals surface area contributed by atoms with Gasteiger partial charge in [0, 0.05) is 12.5 Å². The molecule has 1 aromatic rings. The monoisotopic (exact) mass is 212 g/mol. The fourth-order valence-electron chi connectivity index (χ4n) is 1.13. The molecular weight excluding hydrogens is 199 g/mol. The molecule has 0 aliphatic carbocycles. The first-order chi connectivity index (χ1) is 7.18. The Balaban J connectivity index is 2.17. The largest absolute Gasteiger partial charge is 0.493 e. The number of unbranched alkanes of at least 4 members (excludes halogenated alkanes) is 1. The van der Waals surface area contributed by atoms with Crippen LogP contribution in [0, 0.1) is 5.82 Å². The van der Waals surface area contributed by atoms with E-state index in [-0.39, 0.29) is 12.2 Å². The van der Waals surface area contributed by atoms with Gasteiger partial charge < -0.3 is 9.84 Å². The average molecular weight is 212 g/mol. The normalized spacial score (nSPS) is 9.93. The van der Waals surface area contributed by atoms with Crippen LogP contribution in [0.3, 0.4) is 0 Å². The second kappa shape index (κ2) is 6.01. The van der Waals surface area contributed by atoms with Gasteiger partial charge in [0.15, 0.2) is 0 Å². The fraction of sp³-hybridized carbons (Fsp3) is 0.364. The smallest absolute Gasteiger partial charge is 0.303 e. The summed E-state index contributed by atoms with van der Waals surface area (Å²) in [5.74, 6) is -0.663. The number of carbonyl (C=O) groups is 1. The molecule has 82 valence electrons. The predicted molar refractivity (Wildman–Crippen MR) is 53.4 cm³/mol. The molecule has 0 aliphatic rings. The van der Waals surface area contributed by atoms with Gasteiger partial charge in [0.1, 0.15) is 11.6 Å². The highest BCUT2D eigenvalue weighted by Crippen LogP contribution is 2.12. The van der Waals surface area contributed by atoms with Crippen LogP contribution in [0.15, 0.2) is 24.3 Å². The standard InChI is InChI=1S/C11H13FO3/c12-9-4-3-5-10(8-9)15-7-2-1-6-11(13)14/h3-5,8H,1-2,6-7H2,(H,13,14). The summed E-state index contributed by atoms with van der Waals surface area (Å²) < 4.78 is 17.9. The Labute approximate surface area is 87.5 Å². The van der Waals surface area contributed by atoms with Crippen molar-refractivity contribution < 1.29 is 19.0 Å². The topological polar surface area (TPSA) is 46.5 Å². The maximum atomic E-state index is 12.7. The first-order valence-electron chi connectivity index (χ1n) is 4.78. The highest BCUT2D eigenvalue weighted by atomic mass is 19.1.